The molecule has 0 aliphatic carbocycles. The average molecular weight is 256 g/mol. The first-order valence-electron chi connectivity index (χ1n) is 6.43. The van der Waals surface area contributed by atoms with Crippen molar-refractivity contribution in [3.05, 3.63) is 0 Å². The van der Waals surface area contributed by atoms with E-state index >= 15 is 0 Å². The number of piperidine rings is 1. The predicted molar refractivity (Wildman–Crippen MR) is 69.1 cm³/mol. The maximum Gasteiger partial charge on any atom is 0.309 e. The van der Waals surface area contributed by atoms with Gasteiger partial charge in [0, 0.05) is 12.1 Å². The Labute approximate surface area is 109 Å². The molecule has 1 unspecified atom stereocenters. The summed E-state index contributed by atoms with van der Waals surface area (Å²) in [5, 5.41) is 2.93. The lowest BCUT2D eigenvalue weighted by atomic mass is 9.98. The van der Waals surface area contributed by atoms with Gasteiger partial charge in [0.2, 0.25) is 5.91 Å². The first-order valence-corrected chi connectivity index (χ1v) is 6.43. The van der Waals surface area contributed by atoms with Crippen molar-refractivity contribution in [2.24, 2.45) is 5.92 Å². The van der Waals surface area contributed by atoms with Gasteiger partial charge in [-0.3, -0.25) is 14.5 Å². The van der Waals surface area contributed by atoms with Crippen LogP contribution in [0.25, 0.3) is 0 Å². The van der Waals surface area contributed by atoms with Crippen LogP contribution in [0.4, 0.5) is 0 Å². The third-order valence-electron chi connectivity index (χ3n) is 2.92. The second-order valence-electron chi connectivity index (χ2n) is 5.90. The fraction of sp³-hybridized carbons (Fsp3) is 0.846. The quantitative estimate of drug-likeness (QED) is 0.758. The monoisotopic (exact) mass is 256 g/mol. The van der Waals surface area contributed by atoms with Gasteiger partial charge < -0.3 is 10.1 Å². The van der Waals surface area contributed by atoms with Gasteiger partial charge in [-0.15, -0.1) is 0 Å². The van der Waals surface area contributed by atoms with Crippen molar-refractivity contribution in [3.63, 3.8) is 0 Å². The van der Waals surface area contributed by atoms with Gasteiger partial charge >= 0.3 is 5.97 Å². The molecule has 0 bridgehead atoms. The third kappa shape index (κ3) is 5.04. The Morgan fingerprint density at radius 1 is 1.39 bits per heavy atom. The van der Waals surface area contributed by atoms with E-state index in [1.807, 2.05) is 25.7 Å². The summed E-state index contributed by atoms with van der Waals surface area (Å²) in [7, 11) is 1.41. The summed E-state index contributed by atoms with van der Waals surface area (Å²) in [6.45, 7) is 7.70. The van der Waals surface area contributed by atoms with Crippen LogP contribution in [-0.2, 0) is 14.3 Å². The third-order valence-corrected chi connectivity index (χ3v) is 2.92. The molecule has 1 fully saturated rings. The molecule has 1 saturated heterocycles. The van der Waals surface area contributed by atoms with E-state index in [1.54, 1.807) is 0 Å². The molecule has 1 N–H and O–H groups in total. The molecule has 1 rings (SSSR count). The van der Waals surface area contributed by atoms with E-state index in [2.05, 4.69) is 5.32 Å². The highest BCUT2D eigenvalue weighted by Gasteiger charge is 2.27. The van der Waals surface area contributed by atoms with E-state index in [1.165, 1.54) is 7.11 Å². The Morgan fingerprint density at radius 3 is 2.61 bits per heavy atom. The molecule has 104 valence electrons. The van der Waals surface area contributed by atoms with E-state index in [0.29, 0.717) is 13.1 Å². The molecule has 0 spiro atoms. The van der Waals surface area contributed by atoms with Gasteiger partial charge in [0.25, 0.3) is 0 Å². The van der Waals surface area contributed by atoms with Gasteiger partial charge in [-0.2, -0.15) is 0 Å². The lowest BCUT2D eigenvalue weighted by Crippen LogP contribution is -2.48. The Morgan fingerprint density at radius 2 is 2.06 bits per heavy atom. The van der Waals surface area contributed by atoms with E-state index in [-0.39, 0.29) is 23.3 Å². The molecule has 0 aromatic rings. The Kier molecular flexibility index (Phi) is 5.14. The highest BCUT2D eigenvalue weighted by Crippen LogP contribution is 2.17. The Hall–Kier alpha value is -1.10. The van der Waals surface area contributed by atoms with Gasteiger partial charge in [0.05, 0.1) is 19.6 Å². The summed E-state index contributed by atoms with van der Waals surface area (Å²) in [4.78, 5) is 25.3. The van der Waals surface area contributed by atoms with Crippen molar-refractivity contribution in [1.29, 1.82) is 0 Å². The number of carbonyl (C=O) groups excluding carboxylic acids is 2. The molecule has 5 nitrogen and oxygen atoms in total. The van der Waals surface area contributed by atoms with Crippen molar-refractivity contribution in [2.75, 3.05) is 26.7 Å². The molecule has 1 atom stereocenters. The number of likely N-dealkylation sites (tertiary alicyclic amines) is 1. The zero-order valence-electron chi connectivity index (χ0n) is 11.8. The smallest absolute Gasteiger partial charge is 0.309 e. The lowest BCUT2D eigenvalue weighted by Gasteiger charge is -2.31. The van der Waals surface area contributed by atoms with Crippen LogP contribution in [0.1, 0.15) is 33.6 Å². The van der Waals surface area contributed by atoms with Gasteiger partial charge in [-0.25, -0.2) is 0 Å². The number of esters is 1. The van der Waals surface area contributed by atoms with Crippen molar-refractivity contribution in [3.8, 4) is 0 Å². The van der Waals surface area contributed by atoms with E-state index in [4.69, 9.17) is 4.74 Å². The molecule has 1 amide bonds. The van der Waals surface area contributed by atoms with Crippen LogP contribution in [0.3, 0.4) is 0 Å². The predicted octanol–water partition coefficient (Wildman–Crippen LogP) is 0.786. The minimum atomic E-state index is -0.214. The molecule has 5 heteroatoms. The fourth-order valence-corrected chi connectivity index (χ4v) is 2.22. The van der Waals surface area contributed by atoms with Gasteiger partial charge in [-0.1, -0.05) is 0 Å². The van der Waals surface area contributed by atoms with Crippen LogP contribution < -0.4 is 5.32 Å². The largest absolute Gasteiger partial charge is 0.469 e. The standard InChI is InChI=1S/C13H24N2O3/c1-13(2,3)14-11(16)9-15-7-5-6-10(8-15)12(17)18-4/h10H,5-9H2,1-4H3,(H,14,16). The van der Waals surface area contributed by atoms with E-state index in [0.717, 1.165) is 19.4 Å². The van der Waals surface area contributed by atoms with Gasteiger partial charge in [0.1, 0.15) is 0 Å². The molecule has 0 aromatic heterocycles. The molecular formula is C13H24N2O3. The normalized spacial score (nSPS) is 21.4. The Balaban J connectivity index is 2.43. The second-order valence-corrected chi connectivity index (χ2v) is 5.90. The molecule has 18 heavy (non-hydrogen) atoms. The highest BCUT2D eigenvalue weighted by atomic mass is 16.5. The van der Waals surface area contributed by atoms with E-state index < -0.39 is 0 Å². The van der Waals surface area contributed by atoms with Crippen LogP contribution in [0, 0.1) is 5.92 Å². The molecule has 1 aliphatic rings. The van der Waals surface area contributed by atoms with Crippen LogP contribution >= 0.6 is 0 Å². The molecule has 0 radical (unpaired) electrons. The van der Waals surface area contributed by atoms with Gasteiger partial charge in [0.15, 0.2) is 0 Å². The van der Waals surface area contributed by atoms with Crippen molar-refractivity contribution in [2.45, 2.75) is 39.2 Å². The van der Waals surface area contributed by atoms with Crippen molar-refractivity contribution < 1.29 is 14.3 Å². The number of carbonyl (C=O) groups is 2. The molecule has 1 aliphatic heterocycles. The molecular weight excluding hydrogens is 232 g/mol. The van der Waals surface area contributed by atoms with Crippen LogP contribution in [0.2, 0.25) is 0 Å². The lowest BCUT2D eigenvalue weighted by molar-refractivity contribution is -0.147. The number of methoxy groups -OCH3 is 1. The van der Waals surface area contributed by atoms with Crippen LogP contribution in [0.15, 0.2) is 0 Å². The summed E-state index contributed by atoms with van der Waals surface area (Å²) >= 11 is 0. The van der Waals surface area contributed by atoms with Crippen LogP contribution in [0.5, 0.6) is 0 Å². The fourth-order valence-electron chi connectivity index (χ4n) is 2.22. The number of ether oxygens (including phenoxy) is 1. The topological polar surface area (TPSA) is 58.6 Å². The average Bonchev–Trinajstić information content (AvgIpc) is 2.25. The summed E-state index contributed by atoms with van der Waals surface area (Å²) < 4.78 is 4.76. The summed E-state index contributed by atoms with van der Waals surface area (Å²) in [6.07, 6.45) is 1.78. The number of hydrogen-bond donors (Lipinski definition) is 1. The van der Waals surface area contributed by atoms with Crippen molar-refractivity contribution in [1.82, 2.24) is 10.2 Å². The minimum Gasteiger partial charge on any atom is -0.469 e. The van der Waals surface area contributed by atoms with Gasteiger partial charge in [-0.05, 0) is 40.2 Å². The number of nitrogens with zero attached hydrogens (tertiary/aromatic N) is 1. The van der Waals surface area contributed by atoms with E-state index in [9.17, 15) is 9.59 Å². The second kappa shape index (κ2) is 6.18. The first-order chi connectivity index (χ1) is 8.31. The summed E-state index contributed by atoms with van der Waals surface area (Å²) in [5.41, 5.74) is -0.214. The summed E-state index contributed by atoms with van der Waals surface area (Å²) in [6, 6.07) is 0. The maximum atomic E-state index is 11.8. The zero-order valence-corrected chi connectivity index (χ0v) is 11.8. The number of rotatable bonds is 3. The van der Waals surface area contributed by atoms with Crippen molar-refractivity contribution >= 4 is 11.9 Å². The zero-order chi connectivity index (χ0) is 13.8. The minimum absolute atomic E-state index is 0.00742. The van der Waals surface area contributed by atoms with Crippen LogP contribution in [-0.4, -0.2) is 49.1 Å². The Bertz CT molecular complexity index is 310. The number of amides is 1. The highest BCUT2D eigenvalue weighted by molar-refractivity contribution is 5.79. The summed E-state index contributed by atoms with van der Waals surface area (Å²) in [5.74, 6) is -0.255. The maximum absolute atomic E-state index is 11.8. The molecule has 0 aromatic carbocycles. The first kappa shape index (κ1) is 15.0. The number of hydrogen-bond acceptors (Lipinski definition) is 4. The number of nitrogens with one attached hydrogen (secondary N) is 1. The molecule has 0 saturated carbocycles. The molecule has 1 heterocycles. The SMILES string of the molecule is COC(=O)C1CCCN(CC(=O)NC(C)(C)C)C1.